The van der Waals surface area contributed by atoms with Crippen LogP contribution in [0.3, 0.4) is 0 Å². The fourth-order valence-electron chi connectivity index (χ4n) is 3.24. The number of fused-ring (bicyclic) bond motifs is 1. The lowest BCUT2D eigenvalue weighted by Gasteiger charge is -2.23. The highest BCUT2D eigenvalue weighted by atomic mass is 16.3. The van der Waals surface area contributed by atoms with Crippen LogP contribution in [0.4, 0.5) is 0 Å². The Labute approximate surface area is 125 Å². The number of allylic oxidation sites excluding steroid dienone is 2. The molecule has 5 nitrogen and oxygen atoms in total. The molecule has 0 radical (unpaired) electrons. The Morgan fingerprint density at radius 2 is 2.00 bits per heavy atom. The summed E-state index contributed by atoms with van der Waals surface area (Å²) in [5.74, 6) is -0.785. The summed E-state index contributed by atoms with van der Waals surface area (Å²) in [4.78, 5) is 11.7. The summed E-state index contributed by atoms with van der Waals surface area (Å²) in [5, 5.41) is 32.9. The molecule has 0 aromatic rings. The lowest BCUT2D eigenvalue weighted by Crippen LogP contribution is -2.35. The highest BCUT2D eigenvalue weighted by molar-refractivity contribution is 5.87. The van der Waals surface area contributed by atoms with Gasteiger partial charge in [0.05, 0.1) is 18.3 Å². The van der Waals surface area contributed by atoms with Crippen molar-refractivity contribution in [2.75, 3.05) is 0 Å². The van der Waals surface area contributed by atoms with Gasteiger partial charge < -0.3 is 20.6 Å². The molecule has 1 aliphatic heterocycles. The van der Waals surface area contributed by atoms with E-state index in [-0.39, 0.29) is 17.9 Å². The first-order chi connectivity index (χ1) is 9.99. The summed E-state index contributed by atoms with van der Waals surface area (Å²) in [6.45, 7) is 1.96. The third-order valence-electron chi connectivity index (χ3n) is 4.42. The predicted molar refractivity (Wildman–Crippen MR) is 79.4 cm³/mol. The molecule has 0 saturated heterocycles. The van der Waals surface area contributed by atoms with Crippen molar-refractivity contribution in [3.63, 3.8) is 0 Å². The van der Waals surface area contributed by atoms with Crippen molar-refractivity contribution in [1.29, 1.82) is 0 Å². The first-order valence-corrected chi connectivity index (χ1v) is 7.68. The quantitative estimate of drug-likeness (QED) is 0.490. The van der Waals surface area contributed by atoms with Gasteiger partial charge in [0.25, 0.3) is 0 Å². The lowest BCUT2D eigenvalue weighted by molar-refractivity contribution is -0.117. The average Bonchev–Trinajstić information content (AvgIpc) is 2.70. The minimum Gasteiger partial charge on any atom is -0.390 e. The largest absolute Gasteiger partial charge is 0.390 e. The number of hydrogen-bond donors (Lipinski definition) is 4. The van der Waals surface area contributed by atoms with Crippen LogP contribution in [0.5, 0.6) is 0 Å². The van der Waals surface area contributed by atoms with Crippen LogP contribution in [-0.2, 0) is 4.79 Å². The van der Waals surface area contributed by atoms with Gasteiger partial charge in [-0.05, 0) is 38.5 Å². The van der Waals surface area contributed by atoms with Gasteiger partial charge in [0.1, 0.15) is 0 Å². The van der Waals surface area contributed by atoms with Crippen molar-refractivity contribution >= 4 is 5.91 Å². The molecular weight excluding hydrogens is 270 g/mol. The number of carbonyl (C=O) groups is 1. The standard InChI is InChI=1S/C16H25NO4/c1-10-5-3-2-4-6-11-9-13(19)16(21)15(11)12(18)7-8-14(20)17-10/h4,6-8,10-13,15-16,18-19,21H,2-3,5,9H2,1H3,(H,17,20)/b6-4+,8-7-/t10-,11+,12+,13-,15+,16-/m0/s1. The van der Waals surface area contributed by atoms with Gasteiger partial charge in [0.15, 0.2) is 0 Å². The second-order valence-corrected chi connectivity index (χ2v) is 6.15. The molecule has 1 amide bonds. The molecule has 118 valence electrons. The van der Waals surface area contributed by atoms with E-state index >= 15 is 0 Å². The van der Waals surface area contributed by atoms with Crippen LogP contribution in [0.25, 0.3) is 0 Å². The van der Waals surface area contributed by atoms with E-state index in [9.17, 15) is 20.1 Å². The number of aliphatic hydroxyl groups excluding tert-OH is 3. The maximum Gasteiger partial charge on any atom is 0.243 e. The highest BCUT2D eigenvalue weighted by Crippen LogP contribution is 2.36. The summed E-state index contributed by atoms with van der Waals surface area (Å²) in [7, 11) is 0. The zero-order valence-corrected chi connectivity index (χ0v) is 12.4. The summed E-state index contributed by atoms with van der Waals surface area (Å²) in [5.41, 5.74) is 0. The predicted octanol–water partition coefficient (Wildman–Crippen LogP) is 0.506. The van der Waals surface area contributed by atoms with Crippen LogP contribution >= 0.6 is 0 Å². The molecule has 4 N–H and O–H groups in total. The Balaban J connectivity index is 2.17. The Bertz CT molecular complexity index is 421. The topological polar surface area (TPSA) is 89.8 Å². The summed E-state index contributed by atoms with van der Waals surface area (Å²) in [6, 6.07) is 0.0976. The fourth-order valence-corrected chi connectivity index (χ4v) is 3.24. The Kier molecular flexibility index (Phi) is 5.56. The van der Waals surface area contributed by atoms with E-state index in [1.165, 1.54) is 12.2 Å². The van der Waals surface area contributed by atoms with Crippen LogP contribution < -0.4 is 5.32 Å². The molecule has 6 atom stereocenters. The Morgan fingerprint density at radius 1 is 1.24 bits per heavy atom. The minimum absolute atomic E-state index is 0.0733. The summed E-state index contributed by atoms with van der Waals surface area (Å²) < 4.78 is 0. The van der Waals surface area contributed by atoms with E-state index in [4.69, 9.17) is 0 Å². The maximum absolute atomic E-state index is 11.7. The van der Waals surface area contributed by atoms with E-state index in [0.717, 1.165) is 19.3 Å². The number of nitrogens with one attached hydrogen (secondary N) is 1. The van der Waals surface area contributed by atoms with Crippen molar-refractivity contribution in [2.24, 2.45) is 11.8 Å². The summed E-state index contributed by atoms with van der Waals surface area (Å²) >= 11 is 0. The van der Waals surface area contributed by atoms with Gasteiger partial charge in [-0.15, -0.1) is 0 Å². The molecule has 5 heteroatoms. The number of amides is 1. The molecule has 0 bridgehead atoms. The van der Waals surface area contributed by atoms with Gasteiger partial charge in [0.2, 0.25) is 5.91 Å². The monoisotopic (exact) mass is 295 g/mol. The summed E-state index contributed by atoms with van der Waals surface area (Å²) in [6.07, 6.45) is 7.20. The smallest absolute Gasteiger partial charge is 0.243 e. The zero-order chi connectivity index (χ0) is 15.4. The van der Waals surface area contributed by atoms with Gasteiger partial charge in [0, 0.05) is 18.0 Å². The van der Waals surface area contributed by atoms with Gasteiger partial charge in [-0.3, -0.25) is 4.79 Å². The van der Waals surface area contributed by atoms with Crippen LogP contribution in [0.2, 0.25) is 0 Å². The van der Waals surface area contributed by atoms with E-state index in [2.05, 4.69) is 5.32 Å². The van der Waals surface area contributed by atoms with Crippen LogP contribution in [0.1, 0.15) is 32.6 Å². The van der Waals surface area contributed by atoms with Crippen molar-refractivity contribution in [3.8, 4) is 0 Å². The highest BCUT2D eigenvalue weighted by Gasteiger charge is 2.43. The molecule has 1 aliphatic carbocycles. The average molecular weight is 295 g/mol. The van der Waals surface area contributed by atoms with E-state index in [1.54, 1.807) is 0 Å². The van der Waals surface area contributed by atoms with Gasteiger partial charge in [-0.25, -0.2) is 0 Å². The third kappa shape index (κ3) is 4.15. The molecule has 0 spiro atoms. The van der Waals surface area contributed by atoms with E-state index in [0.29, 0.717) is 6.42 Å². The molecule has 0 aromatic carbocycles. The minimum atomic E-state index is -0.966. The van der Waals surface area contributed by atoms with Crippen LogP contribution in [-0.4, -0.2) is 45.6 Å². The second kappa shape index (κ2) is 7.20. The molecule has 2 rings (SSSR count). The Morgan fingerprint density at radius 3 is 2.76 bits per heavy atom. The molecule has 1 fully saturated rings. The normalized spacial score (nSPS) is 44.7. The first-order valence-electron chi connectivity index (χ1n) is 7.68. The zero-order valence-electron chi connectivity index (χ0n) is 12.4. The molecular formula is C16H25NO4. The Hall–Kier alpha value is -1.17. The van der Waals surface area contributed by atoms with Gasteiger partial charge in [-0.2, -0.15) is 0 Å². The van der Waals surface area contributed by atoms with Gasteiger partial charge in [-0.1, -0.05) is 18.2 Å². The molecule has 0 aromatic heterocycles. The number of rotatable bonds is 0. The van der Waals surface area contributed by atoms with E-state index < -0.39 is 24.2 Å². The maximum atomic E-state index is 11.7. The molecule has 21 heavy (non-hydrogen) atoms. The van der Waals surface area contributed by atoms with Crippen molar-refractivity contribution in [1.82, 2.24) is 5.32 Å². The SMILES string of the molecule is C[C@H]1CCC/C=C/[C@@H]2C[C@H](O)[C@H](O)[C@H]2[C@H](O)/C=C\C(=O)N1. The van der Waals surface area contributed by atoms with Crippen LogP contribution in [0.15, 0.2) is 24.3 Å². The first kappa shape index (κ1) is 16.2. The molecule has 1 heterocycles. The number of aliphatic hydroxyl groups is 3. The fraction of sp³-hybridized carbons (Fsp3) is 0.688. The lowest BCUT2D eigenvalue weighted by atomic mass is 9.88. The number of carbonyl (C=O) groups excluding carboxylic acids is 1. The molecule has 0 unspecified atom stereocenters. The van der Waals surface area contributed by atoms with Crippen molar-refractivity contribution in [3.05, 3.63) is 24.3 Å². The van der Waals surface area contributed by atoms with Crippen LogP contribution in [0, 0.1) is 11.8 Å². The molecule has 2 aliphatic rings. The van der Waals surface area contributed by atoms with Crippen molar-refractivity contribution in [2.45, 2.75) is 57.0 Å². The number of hydrogen-bond acceptors (Lipinski definition) is 4. The molecule has 1 saturated carbocycles. The van der Waals surface area contributed by atoms with Gasteiger partial charge >= 0.3 is 0 Å². The second-order valence-electron chi connectivity index (χ2n) is 6.15. The van der Waals surface area contributed by atoms with Crippen molar-refractivity contribution < 1.29 is 20.1 Å². The van der Waals surface area contributed by atoms with E-state index in [1.807, 2.05) is 19.1 Å². The third-order valence-corrected chi connectivity index (χ3v) is 4.42.